The SMILES string of the molecule is c1ccc(-n2c3ccccc3c3ccc4c5ccccc5n(-c5cccc(-c6cccc(-c7c8ccccc8nc8sc9ccccc9c78)c6)c5)c4c32)cc1. The van der Waals surface area contributed by atoms with Crippen LogP contribution in [0.1, 0.15) is 0 Å². The van der Waals surface area contributed by atoms with Crippen LogP contribution in [-0.4, -0.2) is 14.1 Å². The fourth-order valence-corrected chi connectivity index (χ4v) is 10.1. The van der Waals surface area contributed by atoms with Gasteiger partial charge in [-0.1, -0.05) is 133 Å². The number of pyridine rings is 1. The molecule has 12 rings (SSSR count). The summed E-state index contributed by atoms with van der Waals surface area (Å²) in [5, 5.41) is 8.65. The molecule has 0 unspecified atom stereocenters. The average Bonchev–Trinajstić information content (AvgIpc) is 3.91. The van der Waals surface area contributed by atoms with Crippen molar-refractivity contribution in [2.45, 2.75) is 0 Å². The van der Waals surface area contributed by atoms with Crippen LogP contribution < -0.4 is 0 Å². The highest BCUT2D eigenvalue weighted by Crippen LogP contribution is 2.45. The second kappa shape index (κ2) is 11.7. The summed E-state index contributed by atoms with van der Waals surface area (Å²) >= 11 is 1.77. The maximum absolute atomic E-state index is 5.15. The second-order valence-corrected chi connectivity index (χ2v) is 15.3. The Hall–Kier alpha value is -7.01. The van der Waals surface area contributed by atoms with E-state index in [1.807, 2.05) is 0 Å². The Bertz CT molecular complexity index is 3490. The summed E-state index contributed by atoms with van der Waals surface area (Å²) in [4.78, 5) is 6.22. The second-order valence-electron chi connectivity index (χ2n) is 14.3. The van der Waals surface area contributed by atoms with Gasteiger partial charge in [-0.25, -0.2) is 4.98 Å². The minimum atomic E-state index is 1.02. The molecule has 0 atom stereocenters. The van der Waals surface area contributed by atoms with E-state index in [-0.39, 0.29) is 0 Å². The molecule has 0 N–H and O–H groups in total. The summed E-state index contributed by atoms with van der Waals surface area (Å²) in [7, 11) is 0. The molecule has 55 heavy (non-hydrogen) atoms. The lowest BCUT2D eigenvalue weighted by Crippen LogP contribution is -1.98. The summed E-state index contributed by atoms with van der Waals surface area (Å²) in [6.07, 6.45) is 0. The molecule has 0 fully saturated rings. The maximum Gasteiger partial charge on any atom is 0.125 e. The molecular formula is C51H31N3S. The van der Waals surface area contributed by atoms with Crippen molar-refractivity contribution in [3.05, 3.63) is 188 Å². The van der Waals surface area contributed by atoms with Gasteiger partial charge in [-0.3, -0.25) is 0 Å². The summed E-state index contributed by atoms with van der Waals surface area (Å²) in [5.41, 5.74) is 12.9. The van der Waals surface area contributed by atoms with Gasteiger partial charge in [0.1, 0.15) is 4.83 Å². The van der Waals surface area contributed by atoms with Crippen LogP contribution in [0.2, 0.25) is 0 Å². The highest BCUT2D eigenvalue weighted by molar-refractivity contribution is 7.25. The van der Waals surface area contributed by atoms with E-state index >= 15 is 0 Å². The van der Waals surface area contributed by atoms with E-state index in [2.05, 4.69) is 197 Å². The maximum atomic E-state index is 5.15. The minimum Gasteiger partial charge on any atom is -0.307 e. The van der Waals surface area contributed by atoms with Crippen molar-refractivity contribution >= 4 is 86.2 Å². The van der Waals surface area contributed by atoms with Gasteiger partial charge in [-0.2, -0.15) is 0 Å². The smallest absolute Gasteiger partial charge is 0.125 e. The van der Waals surface area contributed by atoms with Crippen molar-refractivity contribution < 1.29 is 0 Å². The molecule has 3 nitrogen and oxygen atoms in total. The van der Waals surface area contributed by atoms with E-state index in [0.29, 0.717) is 0 Å². The molecule has 0 radical (unpaired) electrons. The standard InChI is InChI=1S/C51H31N3S/c1-2-17-35(18-3-1)53-44-25-9-5-20-37(44)39-28-29-40-38-21-6-10-26-45(38)54(50(40)49(39)53)36-19-13-15-33(31-36)32-14-12-16-34(30-32)47-41-22-4-8-24-43(41)52-51-48(47)42-23-7-11-27-46(42)55-51/h1-31H. The number of hydrogen-bond donors (Lipinski definition) is 0. The normalized spacial score (nSPS) is 12.0. The summed E-state index contributed by atoms with van der Waals surface area (Å²) in [5.74, 6) is 0. The molecule has 8 aromatic carbocycles. The quantitative estimate of drug-likeness (QED) is 0.178. The zero-order valence-electron chi connectivity index (χ0n) is 29.6. The zero-order chi connectivity index (χ0) is 36.0. The Morgan fingerprint density at radius 3 is 1.67 bits per heavy atom. The van der Waals surface area contributed by atoms with Gasteiger partial charge in [0.05, 0.1) is 27.6 Å². The first-order valence-electron chi connectivity index (χ1n) is 18.7. The van der Waals surface area contributed by atoms with E-state index < -0.39 is 0 Å². The topological polar surface area (TPSA) is 22.8 Å². The molecule has 0 spiro atoms. The number of para-hydroxylation sites is 4. The first-order chi connectivity index (χ1) is 27.3. The van der Waals surface area contributed by atoms with Crippen LogP contribution >= 0.6 is 11.3 Å². The summed E-state index contributed by atoms with van der Waals surface area (Å²) < 4.78 is 6.19. The van der Waals surface area contributed by atoms with Crippen molar-refractivity contribution in [3.63, 3.8) is 0 Å². The Morgan fingerprint density at radius 1 is 0.382 bits per heavy atom. The van der Waals surface area contributed by atoms with Crippen LogP contribution in [-0.2, 0) is 0 Å². The van der Waals surface area contributed by atoms with Gasteiger partial charge in [-0.05, 0) is 71.3 Å². The van der Waals surface area contributed by atoms with Crippen LogP contribution in [0, 0.1) is 0 Å². The molecule has 4 aromatic heterocycles. The monoisotopic (exact) mass is 717 g/mol. The van der Waals surface area contributed by atoms with Crippen molar-refractivity contribution in [1.29, 1.82) is 0 Å². The molecule has 0 amide bonds. The first kappa shape index (κ1) is 30.5. The molecule has 0 saturated heterocycles. The molecule has 0 aliphatic carbocycles. The molecule has 12 aromatic rings. The third kappa shape index (κ3) is 4.46. The zero-order valence-corrected chi connectivity index (χ0v) is 30.5. The van der Waals surface area contributed by atoms with E-state index in [4.69, 9.17) is 4.98 Å². The van der Waals surface area contributed by atoms with E-state index in [9.17, 15) is 0 Å². The highest BCUT2D eigenvalue weighted by Gasteiger charge is 2.22. The third-order valence-electron chi connectivity index (χ3n) is 11.3. The molecule has 0 aliphatic rings. The number of hydrogen-bond acceptors (Lipinski definition) is 2. The third-order valence-corrected chi connectivity index (χ3v) is 12.4. The van der Waals surface area contributed by atoms with E-state index in [1.165, 1.54) is 86.7 Å². The molecular weight excluding hydrogens is 687 g/mol. The van der Waals surface area contributed by atoms with Gasteiger partial charge in [0, 0.05) is 59.3 Å². The molecule has 0 bridgehead atoms. The molecule has 4 heterocycles. The van der Waals surface area contributed by atoms with Gasteiger partial charge in [0.2, 0.25) is 0 Å². The Balaban J connectivity index is 1.11. The minimum absolute atomic E-state index is 1.02. The fourth-order valence-electron chi connectivity index (χ4n) is 8.97. The van der Waals surface area contributed by atoms with E-state index in [0.717, 1.165) is 21.7 Å². The van der Waals surface area contributed by atoms with Gasteiger partial charge in [0.15, 0.2) is 0 Å². The van der Waals surface area contributed by atoms with Crippen LogP contribution in [0.5, 0.6) is 0 Å². The van der Waals surface area contributed by atoms with Gasteiger partial charge in [0.25, 0.3) is 0 Å². The van der Waals surface area contributed by atoms with Gasteiger partial charge in [-0.15, -0.1) is 11.3 Å². The van der Waals surface area contributed by atoms with Crippen LogP contribution in [0.4, 0.5) is 0 Å². The highest BCUT2D eigenvalue weighted by atomic mass is 32.1. The molecule has 0 saturated carbocycles. The summed E-state index contributed by atoms with van der Waals surface area (Å²) in [6, 6.07) is 68.4. The number of benzene rings is 8. The summed E-state index contributed by atoms with van der Waals surface area (Å²) in [6.45, 7) is 0. The average molecular weight is 718 g/mol. The number of nitrogens with zero attached hydrogens (tertiary/aromatic N) is 3. The Morgan fingerprint density at radius 2 is 0.927 bits per heavy atom. The van der Waals surface area contributed by atoms with Crippen LogP contribution in [0.15, 0.2) is 188 Å². The van der Waals surface area contributed by atoms with Crippen molar-refractivity contribution in [2.75, 3.05) is 0 Å². The number of aromatic nitrogens is 3. The van der Waals surface area contributed by atoms with Crippen LogP contribution in [0.3, 0.4) is 0 Å². The number of rotatable bonds is 4. The Labute approximate surface area is 320 Å². The molecule has 256 valence electrons. The predicted molar refractivity (Wildman–Crippen MR) is 234 cm³/mol. The van der Waals surface area contributed by atoms with Crippen molar-refractivity contribution in [3.8, 4) is 33.6 Å². The largest absolute Gasteiger partial charge is 0.307 e. The van der Waals surface area contributed by atoms with E-state index in [1.54, 1.807) is 11.3 Å². The lowest BCUT2D eigenvalue weighted by molar-refractivity contribution is 1.15. The predicted octanol–water partition coefficient (Wildman–Crippen LogP) is 14.1. The fraction of sp³-hybridized carbons (Fsp3) is 0. The van der Waals surface area contributed by atoms with Crippen molar-refractivity contribution in [2.24, 2.45) is 0 Å². The van der Waals surface area contributed by atoms with Crippen LogP contribution in [0.25, 0.3) is 108 Å². The van der Waals surface area contributed by atoms with Gasteiger partial charge >= 0.3 is 0 Å². The lowest BCUT2D eigenvalue weighted by Gasteiger charge is -2.14. The first-order valence-corrected chi connectivity index (χ1v) is 19.5. The molecule has 4 heteroatoms. The lowest BCUT2D eigenvalue weighted by atomic mass is 9.93. The number of thiophene rings is 1. The number of fused-ring (bicyclic) bond motifs is 11. The van der Waals surface area contributed by atoms with Crippen molar-refractivity contribution in [1.82, 2.24) is 14.1 Å². The Kier molecular flexibility index (Phi) is 6.50. The molecule has 0 aliphatic heterocycles. The van der Waals surface area contributed by atoms with Gasteiger partial charge < -0.3 is 9.13 Å².